The smallest absolute Gasteiger partial charge is 0.270 e. The van der Waals surface area contributed by atoms with E-state index in [1.54, 1.807) is 31.6 Å². The lowest BCUT2D eigenvalue weighted by Gasteiger charge is -2.26. The maximum atomic E-state index is 12.8. The topological polar surface area (TPSA) is 108 Å². The number of nitrogens with zero attached hydrogens (tertiary/aromatic N) is 4. The summed E-state index contributed by atoms with van der Waals surface area (Å²) in [6.07, 6.45) is 3.37. The number of aromatic amines is 1. The van der Waals surface area contributed by atoms with Crippen LogP contribution >= 0.6 is 0 Å². The number of aromatic nitrogens is 4. The van der Waals surface area contributed by atoms with Crippen molar-refractivity contribution in [1.29, 1.82) is 0 Å². The van der Waals surface area contributed by atoms with Gasteiger partial charge in [-0.3, -0.25) is 9.78 Å². The van der Waals surface area contributed by atoms with Crippen molar-refractivity contribution in [2.24, 2.45) is 0 Å². The van der Waals surface area contributed by atoms with E-state index in [9.17, 15) is 4.79 Å². The molecule has 1 amide bonds. The summed E-state index contributed by atoms with van der Waals surface area (Å²) in [5, 5.41) is 7.45. The molecule has 0 unspecified atom stereocenters. The minimum absolute atomic E-state index is 0.0269. The van der Waals surface area contributed by atoms with Crippen molar-refractivity contribution in [3.8, 4) is 17.1 Å². The number of piperazine rings is 1. The first-order valence-electron chi connectivity index (χ1n) is 10.4. The monoisotopic (exact) mass is 429 g/mol. The highest BCUT2D eigenvalue weighted by molar-refractivity contribution is 5.98. The summed E-state index contributed by atoms with van der Waals surface area (Å²) in [5.41, 5.74) is 3.72. The highest BCUT2D eigenvalue weighted by atomic mass is 16.5. The molecule has 0 saturated carbocycles. The van der Waals surface area contributed by atoms with Crippen molar-refractivity contribution in [3.63, 3.8) is 0 Å². The molecule has 1 fully saturated rings. The maximum Gasteiger partial charge on any atom is 0.270 e. The Hall–Kier alpha value is -3.98. The van der Waals surface area contributed by atoms with E-state index in [2.05, 4.69) is 30.6 Å². The Morgan fingerprint density at radius 2 is 1.88 bits per heavy atom. The number of nitrogens with one attached hydrogen (secondary N) is 3. The summed E-state index contributed by atoms with van der Waals surface area (Å²) in [7, 11) is 1.62. The largest absolute Gasteiger partial charge is 0.497 e. The molecule has 4 heterocycles. The van der Waals surface area contributed by atoms with Gasteiger partial charge < -0.3 is 25.3 Å². The van der Waals surface area contributed by atoms with E-state index in [-0.39, 0.29) is 5.91 Å². The molecular weight excluding hydrogens is 406 g/mol. The third-order valence-corrected chi connectivity index (χ3v) is 5.40. The number of amides is 1. The molecule has 5 rings (SSSR count). The van der Waals surface area contributed by atoms with Gasteiger partial charge in [0.1, 0.15) is 11.4 Å². The molecule has 9 heteroatoms. The van der Waals surface area contributed by atoms with Gasteiger partial charge in [0, 0.05) is 61.2 Å². The van der Waals surface area contributed by atoms with E-state index in [1.807, 2.05) is 35.2 Å². The molecule has 162 valence electrons. The fourth-order valence-electron chi connectivity index (χ4n) is 3.73. The third kappa shape index (κ3) is 4.10. The number of H-pyrrole nitrogens is 1. The van der Waals surface area contributed by atoms with E-state index in [4.69, 9.17) is 4.74 Å². The van der Waals surface area contributed by atoms with Gasteiger partial charge in [0.05, 0.1) is 18.5 Å². The Balaban J connectivity index is 1.37. The number of hydrogen-bond donors (Lipinski definition) is 3. The first kappa shape index (κ1) is 20.0. The minimum Gasteiger partial charge on any atom is -0.497 e. The Morgan fingerprint density at radius 1 is 1.03 bits per heavy atom. The van der Waals surface area contributed by atoms with E-state index in [0.717, 1.165) is 42.8 Å². The number of pyridine rings is 1. The summed E-state index contributed by atoms with van der Waals surface area (Å²) >= 11 is 0. The molecule has 3 N–H and O–H groups in total. The molecule has 1 aliphatic rings. The SMILES string of the molecule is COc1ccnc(-c2ccnc(Nc3ccc4[nH]c(C(=O)N5CCNCC5)cc4c3)n2)c1. The molecule has 0 radical (unpaired) electrons. The van der Waals surface area contributed by atoms with E-state index in [1.165, 1.54) is 0 Å². The zero-order chi connectivity index (χ0) is 21.9. The van der Waals surface area contributed by atoms with Crippen LogP contribution in [0, 0.1) is 0 Å². The van der Waals surface area contributed by atoms with Gasteiger partial charge in [-0.15, -0.1) is 0 Å². The number of carbonyl (C=O) groups excluding carboxylic acids is 1. The Morgan fingerprint density at radius 3 is 2.72 bits per heavy atom. The molecule has 0 atom stereocenters. The number of methoxy groups -OCH3 is 1. The van der Waals surface area contributed by atoms with Crippen molar-refractivity contribution in [3.05, 3.63) is 60.6 Å². The van der Waals surface area contributed by atoms with Crippen molar-refractivity contribution in [1.82, 2.24) is 30.2 Å². The summed E-state index contributed by atoms with van der Waals surface area (Å²) in [5.74, 6) is 1.20. The molecule has 1 aromatic carbocycles. The fraction of sp³-hybridized carbons (Fsp3) is 0.217. The van der Waals surface area contributed by atoms with E-state index in [0.29, 0.717) is 28.8 Å². The lowest BCUT2D eigenvalue weighted by molar-refractivity contribution is 0.0731. The van der Waals surface area contributed by atoms with Gasteiger partial charge in [-0.2, -0.15) is 0 Å². The summed E-state index contributed by atoms with van der Waals surface area (Å²) in [6, 6.07) is 13.2. The van der Waals surface area contributed by atoms with Crippen LogP contribution in [0.4, 0.5) is 11.6 Å². The molecule has 0 bridgehead atoms. The predicted molar refractivity (Wildman–Crippen MR) is 122 cm³/mol. The molecule has 3 aromatic heterocycles. The normalized spacial score (nSPS) is 13.8. The number of rotatable bonds is 5. The standard InChI is InChI=1S/C23H23N7O2/c1-32-17-4-6-25-20(14-17)19-5-7-26-23(29-19)27-16-2-3-18-15(12-16)13-21(28-18)22(31)30-10-8-24-9-11-30/h2-7,12-14,24,28H,8-11H2,1H3,(H,26,27,29). The predicted octanol–water partition coefficient (Wildman–Crippen LogP) is 2.82. The Labute approximate surface area is 184 Å². The van der Waals surface area contributed by atoms with Crippen molar-refractivity contribution in [2.75, 3.05) is 38.6 Å². The number of fused-ring (bicyclic) bond motifs is 1. The van der Waals surface area contributed by atoms with Gasteiger partial charge in [-0.1, -0.05) is 0 Å². The van der Waals surface area contributed by atoms with Crippen molar-refractivity contribution < 1.29 is 9.53 Å². The number of benzene rings is 1. The average molecular weight is 429 g/mol. The number of anilines is 2. The quantitative estimate of drug-likeness (QED) is 0.448. The van der Waals surface area contributed by atoms with Crippen molar-refractivity contribution in [2.45, 2.75) is 0 Å². The minimum atomic E-state index is 0.0269. The highest BCUT2D eigenvalue weighted by Gasteiger charge is 2.19. The van der Waals surface area contributed by atoms with Crippen LogP contribution in [-0.2, 0) is 0 Å². The average Bonchev–Trinajstić information content (AvgIpc) is 3.28. The van der Waals surface area contributed by atoms with Gasteiger partial charge in [0.15, 0.2) is 0 Å². The molecular formula is C23H23N7O2. The van der Waals surface area contributed by atoms with Crippen LogP contribution in [0.15, 0.2) is 54.9 Å². The molecule has 1 aliphatic heterocycles. The second-order valence-corrected chi connectivity index (χ2v) is 7.50. The lowest BCUT2D eigenvalue weighted by atomic mass is 10.2. The number of hydrogen-bond acceptors (Lipinski definition) is 7. The second kappa shape index (κ2) is 8.64. The lowest BCUT2D eigenvalue weighted by Crippen LogP contribution is -2.46. The van der Waals surface area contributed by atoms with Crippen LogP contribution in [-0.4, -0.2) is 64.0 Å². The van der Waals surface area contributed by atoms with Gasteiger partial charge in [0.2, 0.25) is 5.95 Å². The highest BCUT2D eigenvalue weighted by Crippen LogP contribution is 2.24. The first-order valence-corrected chi connectivity index (χ1v) is 10.4. The van der Waals surface area contributed by atoms with E-state index >= 15 is 0 Å². The Kier molecular flexibility index (Phi) is 5.39. The zero-order valence-corrected chi connectivity index (χ0v) is 17.6. The van der Waals surface area contributed by atoms with Gasteiger partial charge in [-0.05, 0) is 36.4 Å². The zero-order valence-electron chi connectivity index (χ0n) is 17.6. The molecule has 0 aliphatic carbocycles. The second-order valence-electron chi connectivity index (χ2n) is 7.50. The van der Waals surface area contributed by atoms with Crippen LogP contribution in [0.5, 0.6) is 5.75 Å². The van der Waals surface area contributed by atoms with Crippen LogP contribution in [0.3, 0.4) is 0 Å². The van der Waals surface area contributed by atoms with Gasteiger partial charge in [-0.25, -0.2) is 9.97 Å². The van der Waals surface area contributed by atoms with E-state index < -0.39 is 0 Å². The Bertz CT molecular complexity index is 1260. The van der Waals surface area contributed by atoms with Crippen LogP contribution < -0.4 is 15.4 Å². The molecule has 0 spiro atoms. The first-order chi connectivity index (χ1) is 15.7. The van der Waals surface area contributed by atoms with Gasteiger partial charge in [0.25, 0.3) is 5.91 Å². The summed E-state index contributed by atoms with van der Waals surface area (Å²) < 4.78 is 5.27. The van der Waals surface area contributed by atoms with Crippen molar-refractivity contribution >= 4 is 28.4 Å². The number of ether oxygens (including phenoxy) is 1. The van der Waals surface area contributed by atoms with Gasteiger partial charge >= 0.3 is 0 Å². The van der Waals surface area contributed by atoms with Crippen LogP contribution in [0.2, 0.25) is 0 Å². The number of carbonyl (C=O) groups is 1. The summed E-state index contributed by atoms with van der Waals surface area (Å²) in [6.45, 7) is 3.09. The third-order valence-electron chi connectivity index (χ3n) is 5.40. The molecule has 9 nitrogen and oxygen atoms in total. The molecule has 32 heavy (non-hydrogen) atoms. The van der Waals surface area contributed by atoms with Crippen LogP contribution in [0.25, 0.3) is 22.3 Å². The van der Waals surface area contributed by atoms with Crippen LogP contribution in [0.1, 0.15) is 10.5 Å². The molecule has 4 aromatic rings. The summed E-state index contributed by atoms with van der Waals surface area (Å²) in [4.78, 5) is 31.1. The maximum absolute atomic E-state index is 12.8. The molecule has 1 saturated heterocycles. The fourth-order valence-corrected chi connectivity index (χ4v) is 3.73.